The van der Waals surface area contributed by atoms with E-state index in [0.717, 1.165) is 5.56 Å². The molecule has 3 aromatic rings. The number of rotatable bonds is 10. The molecule has 0 aliphatic rings. The van der Waals surface area contributed by atoms with E-state index in [1.807, 2.05) is 13.0 Å². The Bertz CT molecular complexity index is 1260. The van der Waals surface area contributed by atoms with E-state index in [9.17, 15) is 20.0 Å². The zero-order valence-electron chi connectivity index (χ0n) is 19.2. The third kappa shape index (κ3) is 6.85. The second-order valence-corrected chi connectivity index (χ2v) is 7.26. The summed E-state index contributed by atoms with van der Waals surface area (Å²) in [6.07, 6.45) is 1.46. The maximum Gasteiger partial charge on any atom is 0.266 e. The number of hydrogen-bond acceptors (Lipinski definition) is 7. The van der Waals surface area contributed by atoms with E-state index < -0.39 is 11.9 Å². The molecule has 1 amide bonds. The van der Waals surface area contributed by atoms with Crippen LogP contribution in [-0.2, 0) is 11.4 Å². The second-order valence-electron chi connectivity index (χ2n) is 7.26. The van der Waals surface area contributed by atoms with Crippen LogP contribution >= 0.6 is 0 Å². The van der Waals surface area contributed by atoms with Gasteiger partial charge < -0.3 is 29.4 Å². The van der Waals surface area contributed by atoms with Crippen LogP contribution in [0.2, 0.25) is 0 Å². The number of ether oxygens (including phenoxy) is 3. The number of nitrogens with one attached hydrogen (secondary N) is 1. The fourth-order valence-corrected chi connectivity index (χ4v) is 3.09. The van der Waals surface area contributed by atoms with Gasteiger partial charge in [0.05, 0.1) is 19.7 Å². The Morgan fingerprint density at radius 1 is 1.00 bits per heavy atom. The average Bonchev–Trinajstić information content (AvgIpc) is 2.87. The second kappa shape index (κ2) is 11.9. The highest BCUT2D eigenvalue weighted by Crippen LogP contribution is 2.30. The number of carboxylic acid groups (broad SMARTS) is 1. The van der Waals surface area contributed by atoms with E-state index >= 15 is 0 Å². The number of carboxylic acids is 1. The van der Waals surface area contributed by atoms with E-state index in [2.05, 4.69) is 5.32 Å². The number of aromatic carboxylic acids is 1. The van der Waals surface area contributed by atoms with Gasteiger partial charge in [0.2, 0.25) is 0 Å². The van der Waals surface area contributed by atoms with Crippen LogP contribution in [0.15, 0.2) is 72.3 Å². The number of amides is 1. The topological polar surface area (TPSA) is 121 Å². The molecular formula is C27H23N2O6-. The largest absolute Gasteiger partial charge is 0.545 e. The van der Waals surface area contributed by atoms with Crippen molar-refractivity contribution < 1.29 is 28.9 Å². The molecule has 0 radical (unpaired) electrons. The van der Waals surface area contributed by atoms with E-state index in [1.165, 1.54) is 18.2 Å². The van der Waals surface area contributed by atoms with Crippen LogP contribution in [0.3, 0.4) is 0 Å². The maximum absolute atomic E-state index is 12.6. The molecule has 8 heteroatoms. The predicted molar refractivity (Wildman–Crippen MR) is 128 cm³/mol. The van der Waals surface area contributed by atoms with Crippen molar-refractivity contribution in [1.29, 1.82) is 5.26 Å². The molecule has 0 aliphatic heterocycles. The van der Waals surface area contributed by atoms with E-state index in [-0.39, 0.29) is 17.7 Å². The lowest BCUT2D eigenvalue weighted by molar-refractivity contribution is -0.255. The molecule has 0 bridgehead atoms. The fourth-order valence-electron chi connectivity index (χ4n) is 3.09. The Morgan fingerprint density at radius 3 is 2.31 bits per heavy atom. The van der Waals surface area contributed by atoms with Gasteiger partial charge in [-0.15, -0.1) is 0 Å². The highest BCUT2D eigenvalue weighted by molar-refractivity contribution is 6.09. The van der Waals surface area contributed by atoms with Gasteiger partial charge in [0.25, 0.3) is 5.91 Å². The van der Waals surface area contributed by atoms with Crippen LogP contribution in [-0.4, -0.2) is 25.6 Å². The monoisotopic (exact) mass is 471 g/mol. The highest BCUT2D eigenvalue weighted by atomic mass is 16.5. The summed E-state index contributed by atoms with van der Waals surface area (Å²) in [6, 6.07) is 19.9. The summed E-state index contributed by atoms with van der Waals surface area (Å²) < 4.78 is 16.6. The van der Waals surface area contributed by atoms with Crippen molar-refractivity contribution in [1.82, 2.24) is 0 Å². The van der Waals surface area contributed by atoms with Crippen molar-refractivity contribution in [3.8, 4) is 23.3 Å². The van der Waals surface area contributed by atoms with Gasteiger partial charge in [-0.1, -0.05) is 30.3 Å². The summed E-state index contributed by atoms with van der Waals surface area (Å²) in [5.74, 6) is -0.223. The third-order valence-electron chi connectivity index (χ3n) is 4.88. The summed E-state index contributed by atoms with van der Waals surface area (Å²) in [5, 5.41) is 23.1. The van der Waals surface area contributed by atoms with Crippen molar-refractivity contribution in [2.45, 2.75) is 13.5 Å². The Hall–Kier alpha value is -4.77. The summed E-state index contributed by atoms with van der Waals surface area (Å²) in [5.41, 5.74) is 1.89. The minimum Gasteiger partial charge on any atom is -0.545 e. The van der Waals surface area contributed by atoms with Gasteiger partial charge in [0.1, 0.15) is 24.0 Å². The Morgan fingerprint density at radius 2 is 1.71 bits per heavy atom. The molecule has 0 saturated heterocycles. The minimum absolute atomic E-state index is 0.0788. The molecular weight excluding hydrogens is 448 g/mol. The Labute approximate surface area is 203 Å². The molecule has 0 aromatic heterocycles. The molecule has 8 nitrogen and oxygen atoms in total. The number of benzene rings is 3. The standard InChI is InChI=1S/C27H24N2O6/c1-3-34-25-15-19(6-13-24(25)35-17-18-4-7-20(8-5-18)27(31)32)14-21(16-28)26(30)29-22-9-11-23(33-2)12-10-22/h4-15H,3,17H2,1-2H3,(H,29,30)(H,31,32)/p-1/b21-14-. The maximum atomic E-state index is 12.6. The van der Waals surface area contributed by atoms with Gasteiger partial charge in [-0.3, -0.25) is 4.79 Å². The lowest BCUT2D eigenvalue weighted by Gasteiger charge is -2.13. The fraction of sp³-hybridized carbons (Fsp3) is 0.148. The number of nitriles is 1. The van der Waals surface area contributed by atoms with Gasteiger partial charge in [0.15, 0.2) is 11.5 Å². The number of nitrogens with zero attached hydrogens (tertiary/aromatic N) is 1. The van der Waals surface area contributed by atoms with Gasteiger partial charge in [-0.05, 0) is 66.1 Å². The summed E-state index contributed by atoms with van der Waals surface area (Å²) in [7, 11) is 1.55. The zero-order valence-corrected chi connectivity index (χ0v) is 19.2. The highest BCUT2D eigenvalue weighted by Gasteiger charge is 2.12. The summed E-state index contributed by atoms with van der Waals surface area (Å²) in [6.45, 7) is 2.40. The normalized spacial score (nSPS) is 10.7. The first-order chi connectivity index (χ1) is 16.9. The van der Waals surface area contributed by atoms with Gasteiger partial charge in [0, 0.05) is 5.69 Å². The lowest BCUT2D eigenvalue weighted by atomic mass is 10.1. The molecule has 0 fully saturated rings. The van der Waals surface area contributed by atoms with Gasteiger partial charge >= 0.3 is 0 Å². The van der Waals surface area contributed by atoms with Crippen molar-refractivity contribution >= 4 is 23.6 Å². The number of carbonyl (C=O) groups excluding carboxylic acids is 2. The zero-order chi connectivity index (χ0) is 25.2. The molecule has 178 valence electrons. The Balaban J connectivity index is 1.74. The van der Waals surface area contributed by atoms with Crippen LogP contribution in [0, 0.1) is 11.3 Å². The number of methoxy groups -OCH3 is 1. The molecule has 3 rings (SSSR count). The van der Waals surface area contributed by atoms with Crippen LogP contribution in [0.5, 0.6) is 17.2 Å². The van der Waals surface area contributed by atoms with Crippen LogP contribution in [0.4, 0.5) is 5.69 Å². The van der Waals surface area contributed by atoms with Gasteiger partial charge in [-0.2, -0.15) is 5.26 Å². The smallest absolute Gasteiger partial charge is 0.266 e. The predicted octanol–water partition coefficient (Wildman–Crippen LogP) is 3.58. The first-order valence-corrected chi connectivity index (χ1v) is 10.7. The summed E-state index contributed by atoms with van der Waals surface area (Å²) in [4.78, 5) is 23.5. The number of hydrogen-bond donors (Lipinski definition) is 1. The van der Waals surface area contributed by atoms with E-state index in [4.69, 9.17) is 14.2 Å². The first-order valence-electron chi connectivity index (χ1n) is 10.7. The molecule has 0 heterocycles. The van der Waals surface area contributed by atoms with Crippen LogP contribution in [0.25, 0.3) is 6.08 Å². The lowest BCUT2D eigenvalue weighted by Crippen LogP contribution is -2.22. The number of anilines is 1. The molecule has 1 N–H and O–H groups in total. The van der Waals surface area contributed by atoms with Crippen LogP contribution in [0.1, 0.15) is 28.4 Å². The first kappa shape index (κ1) is 24.9. The SMILES string of the molecule is CCOc1cc(/C=C(/C#N)C(=O)Nc2ccc(OC)cc2)ccc1OCc1ccc(C(=O)[O-])cc1. The Kier molecular flexibility index (Phi) is 8.46. The average molecular weight is 471 g/mol. The molecule has 0 aliphatic carbocycles. The molecule has 0 saturated carbocycles. The van der Waals surface area contributed by atoms with Crippen LogP contribution < -0.4 is 24.6 Å². The van der Waals surface area contributed by atoms with Crippen molar-refractivity contribution in [2.24, 2.45) is 0 Å². The molecule has 0 spiro atoms. The molecule has 0 atom stereocenters. The molecule has 35 heavy (non-hydrogen) atoms. The van der Waals surface area contributed by atoms with Crippen molar-refractivity contribution in [3.63, 3.8) is 0 Å². The quantitative estimate of drug-likeness (QED) is 0.354. The van der Waals surface area contributed by atoms with Crippen molar-refractivity contribution in [3.05, 3.63) is 89.0 Å². The van der Waals surface area contributed by atoms with Gasteiger partial charge in [-0.25, -0.2) is 0 Å². The minimum atomic E-state index is -1.24. The molecule has 3 aromatic carbocycles. The molecule has 0 unspecified atom stereocenters. The number of carbonyl (C=O) groups is 2. The van der Waals surface area contributed by atoms with E-state index in [1.54, 1.807) is 61.7 Å². The summed E-state index contributed by atoms with van der Waals surface area (Å²) >= 11 is 0. The van der Waals surface area contributed by atoms with E-state index in [0.29, 0.717) is 35.1 Å². The van der Waals surface area contributed by atoms with Crippen molar-refractivity contribution in [2.75, 3.05) is 19.0 Å². The third-order valence-corrected chi connectivity index (χ3v) is 4.88.